The van der Waals surface area contributed by atoms with Crippen LogP contribution < -0.4 is 0 Å². The molecule has 1 atom stereocenters. The molecule has 0 aliphatic carbocycles. The van der Waals surface area contributed by atoms with Crippen LogP contribution in [0.4, 0.5) is 0 Å². The molecule has 0 saturated carbocycles. The molecular weight excluding hydrogens is 394 g/mol. The highest BCUT2D eigenvalue weighted by molar-refractivity contribution is 5.89. The van der Waals surface area contributed by atoms with Gasteiger partial charge in [0.25, 0.3) is 0 Å². The Morgan fingerprint density at radius 1 is 1.10 bits per heavy atom. The van der Waals surface area contributed by atoms with Gasteiger partial charge in [0.05, 0.1) is 13.0 Å². The Balaban J connectivity index is 1.33. The monoisotopic (exact) mass is 423 g/mol. The number of esters is 1. The van der Waals surface area contributed by atoms with Crippen LogP contribution in [0.3, 0.4) is 0 Å². The minimum absolute atomic E-state index is 0.0453. The van der Waals surface area contributed by atoms with Crippen molar-refractivity contribution in [2.45, 2.75) is 38.8 Å². The van der Waals surface area contributed by atoms with Gasteiger partial charge in [0.15, 0.2) is 0 Å². The van der Waals surface area contributed by atoms with Crippen LogP contribution in [-0.4, -0.2) is 58.9 Å². The molecule has 2 amide bonds. The van der Waals surface area contributed by atoms with Gasteiger partial charge in [-0.25, -0.2) is 4.79 Å². The highest BCUT2D eigenvalue weighted by atomic mass is 16.5. The van der Waals surface area contributed by atoms with E-state index in [0.29, 0.717) is 31.9 Å². The maximum absolute atomic E-state index is 13.1. The zero-order valence-electron chi connectivity index (χ0n) is 18.1. The molecule has 2 fully saturated rings. The van der Waals surface area contributed by atoms with Gasteiger partial charge in [0.1, 0.15) is 5.69 Å². The van der Waals surface area contributed by atoms with Gasteiger partial charge in [0.2, 0.25) is 11.8 Å². The molecular formula is C24H29N3O4. The molecule has 3 heterocycles. The van der Waals surface area contributed by atoms with Crippen molar-refractivity contribution in [3.63, 3.8) is 0 Å². The number of ether oxygens (including phenoxy) is 1. The van der Waals surface area contributed by atoms with Crippen molar-refractivity contribution in [2.24, 2.45) is 5.92 Å². The van der Waals surface area contributed by atoms with E-state index in [-0.39, 0.29) is 36.2 Å². The highest BCUT2D eigenvalue weighted by Gasteiger charge is 2.37. The third kappa shape index (κ3) is 4.50. The van der Waals surface area contributed by atoms with Crippen LogP contribution in [0.15, 0.2) is 42.6 Å². The minimum atomic E-state index is -0.346. The first kappa shape index (κ1) is 21.2. The second-order valence-electron chi connectivity index (χ2n) is 8.51. The number of rotatable bonds is 5. The van der Waals surface area contributed by atoms with Gasteiger partial charge in [-0.15, -0.1) is 0 Å². The van der Waals surface area contributed by atoms with Crippen LogP contribution >= 0.6 is 0 Å². The second kappa shape index (κ2) is 8.96. The Kier molecular flexibility index (Phi) is 6.11. The topological polar surface area (TPSA) is 71.8 Å². The average molecular weight is 424 g/mol. The molecule has 4 rings (SSSR count). The summed E-state index contributed by atoms with van der Waals surface area (Å²) in [6.45, 7) is 4.33. The standard InChI is InChI=1S/C24H29N3O4/c1-17-5-7-18(8-6-17)15-26-16-19(14-22(26)28)23(29)25-12-9-20(10-13-25)27-11-3-4-21(27)24(30)31-2/h3-8,11,19-20H,9-10,12-16H2,1-2H3. The van der Waals surface area contributed by atoms with Crippen molar-refractivity contribution in [1.82, 2.24) is 14.4 Å². The van der Waals surface area contributed by atoms with Crippen molar-refractivity contribution in [3.8, 4) is 0 Å². The lowest BCUT2D eigenvalue weighted by molar-refractivity contribution is -0.137. The van der Waals surface area contributed by atoms with E-state index >= 15 is 0 Å². The number of hydrogen-bond donors (Lipinski definition) is 0. The van der Waals surface area contributed by atoms with Crippen LogP contribution in [0, 0.1) is 12.8 Å². The smallest absolute Gasteiger partial charge is 0.354 e. The van der Waals surface area contributed by atoms with Gasteiger partial charge in [-0.2, -0.15) is 0 Å². The van der Waals surface area contributed by atoms with Crippen molar-refractivity contribution < 1.29 is 19.1 Å². The molecule has 1 unspecified atom stereocenters. The number of nitrogens with zero attached hydrogens (tertiary/aromatic N) is 3. The zero-order valence-corrected chi connectivity index (χ0v) is 18.1. The largest absolute Gasteiger partial charge is 0.464 e. The predicted octanol–water partition coefficient (Wildman–Crippen LogP) is 2.80. The zero-order chi connectivity index (χ0) is 22.0. The summed E-state index contributed by atoms with van der Waals surface area (Å²) >= 11 is 0. The van der Waals surface area contributed by atoms with Crippen molar-refractivity contribution >= 4 is 17.8 Å². The molecule has 2 aliphatic heterocycles. The highest BCUT2D eigenvalue weighted by Crippen LogP contribution is 2.28. The number of aryl methyl sites for hydroxylation is 1. The number of likely N-dealkylation sites (tertiary alicyclic amines) is 2. The molecule has 1 aromatic carbocycles. The van der Waals surface area contributed by atoms with E-state index < -0.39 is 0 Å². The number of hydrogen-bond acceptors (Lipinski definition) is 4. The minimum Gasteiger partial charge on any atom is -0.464 e. The van der Waals surface area contributed by atoms with E-state index in [9.17, 15) is 14.4 Å². The van der Waals surface area contributed by atoms with E-state index in [4.69, 9.17) is 4.74 Å². The molecule has 7 heteroatoms. The first-order valence-corrected chi connectivity index (χ1v) is 10.8. The van der Waals surface area contributed by atoms with Gasteiger partial charge in [0, 0.05) is 44.8 Å². The Bertz CT molecular complexity index is 957. The van der Waals surface area contributed by atoms with E-state index in [1.807, 2.05) is 52.9 Å². The summed E-state index contributed by atoms with van der Waals surface area (Å²) in [5.74, 6) is -0.504. The second-order valence-corrected chi connectivity index (χ2v) is 8.51. The van der Waals surface area contributed by atoms with Crippen molar-refractivity contribution in [1.29, 1.82) is 0 Å². The quantitative estimate of drug-likeness (QED) is 0.694. The van der Waals surface area contributed by atoms with Crippen molar-refractivity contribution in [2.75, 3.05) is 26.7 Å². The van der Waals surface area contributed by atoms with Crippen molar-refractivity contribution in [3.05, 3.63) is 59.4 Å². The van der Waals surface area contributed by atoms with Crippen LogP contribution in [-0.2, 0) is 20.9 Å². The lowest BCUT2D eigenvalue weighted by Crippen LogP contribution is -2.43. The lowest BCUT2D eigenvalue weighted by atomic mass is 10.0. The first-order chi connectivity index (χ1) is 15.0. The average Bonchev–Trinajstić information content (AvgIpc) is 3.42. The van der Waals surface area contributed by atoms with Crippen LogP contribution in [0.2, 0.25) is 0 Å². The molecule has 1 aromatic heterocycles. The molecule has 0 N–H and O–H groups in total. The van der Waals surface area contributed by atoms with Gasteiger partial charge >= 0.3 is 5.97 Å². The maximum Gasteiger partial charge on any atom is 0.354 e. The van der Waals surface area contributed by atoms with Crippen LogP contribution in [0.1, 0.15) is 46.9 Å². The molecule has 0 bridgehead atoms. The summed E-state index contributed by atoms with van der Waals surface area (Å²) in [7, 11) is 1.38. The van der Waals surface area contributed by atoms with Gasteiger partial charge in [-0.05, 0) is 37.5 Å². The number of piperidine rings is 1. The summed E-state index contributed by atoms with van der Waals surface area (Å²) in [4.78, 5) is 41.2. The molecule has 0 radical (unpaired) electrons. The predicted molar refractivity (Wildman–Crippen MR) is 115 cm³/mol. The summed E-state index contributed by atoms with van der Waals surface area (Å²) in [5, 5.41) is 0. The van der Waals surface area contributed by atoms with Crippen LogP contribution in [0.25, 0.3) is 0 Å². The van der Waals surface area contributed by atoms with Crippen LogP contribution in [0.5, 0.6) is 0 Å². The summed E-state index contributed by atoms with van der Waals surface area (Å²) in [5.41, 5.74) is 2.81. The number of carbonyl (C=O) groups excluding carboxylic acids is 3. The van der Waals surface area contributed by atoms with E-state index in [1.54, 1.807) is 11.0 Å². The van der Waals surface area contributed by atoms with E-state index in [1.165, 1.54) is 12.7 Å². The normalized spacial score (nSPS) is 19.7. The third-order valence-corrected chi connectivity index (χ3v) is 6.40. The molecule has 164 valence electrons. The molecule has 7 nitrogen and oxygen atoms in total. The number of benzene rings is 1. The summed E-state index contributed by atoms with van der Waals surface area (Å²) in [6.07, 6.45) is 3.73. The number of aromatic nitrogens is 1. The Morgan fingerprint density at radius 3 is 2.48 bits per heavy atom. The number of amides is 2. The molecule has 2 aliphatic rings. The maximum atomic E-state index is 13.1. The van der Waals surface area contributed by atoms with Gasteiger partial charge in [-0.1, -0.05) is 29.8 Å². The number of carbonyl (C=O) groups is 3. The Labute approximate surface area is 182 Å². The molecule has 31 heavy (non-hydrogen) atoms. The first-order valence-electron chi connectivity index (χ1n) is 10.8. The fraction of sp³-hybridized carbons (Fsp3) is 0.458. The van der Waals surface area contributed by atoms with E-state index in [2.05, 4.69) is 0 Å². The van der Waals surface area contributed by atoms with Gasteiger partial charge in [-0.3, -0.25) is 9.59 Å². The lowest BCUT2D eigenvalue weighted by Gasteiger charge is -2.34. The SMILES string of the molecule is COC(=O)c1cccn1C1CCN(C(=O)C2CC(=O)N(Cc3ccc(C)cc3)C2)CC1. The van der Waals surface area contributed by atoms with E-state index in [0.717, 1.165) is 18.4 Å². The summed E-state index contributed by atoms with van der Waals surface area (Å²) < 4.78 is 6.81. The fourth-order valence-electron chi connectivity index (χ4n) is 4.62. The molecule has 2 saturated heterocycles. The third-order valence-electron chi connectivity index (χ3n) is 6.40. The Morgan fingerprint density at radius 2 is 1.81 bits per heavy atom. The number of methoxy groups -OCH3 is 1. The fourth-order valence-corrected chi connectivity index (χ4v) is 4.62. The Hall–Kier alpha value is -3.09. The molecule has 0 spiro atoms. The van der Waals surface area contributed by atoms with Gasteiger partial charge < -0.3 is 19.1 Å². The molecule has 2 aromatic rings. The summed E-state index contributed by atoms with van der Waals surface area (Å²) in [6, 6.07) is 11.9.